The van der Waals surface area contributed by atoms with E-state index in [4.69, 9.17) is 4.74 Å². The molecule has 0 atom stereocenters. The number of carbonyl (C=O) groups is 1. The van der Waals surface area contributed by atoms with Crippen molar-refractivity contribution >= 4 is 27.3 Å². The predicted molar refractivity (Wildman–Crippen MR) is 119 cm³/mol. The largest absolute Gasteiger partial charge is 0.494 e. The van der Waals surface area contributed by atoms with Crippen molar-refractivity contribution in [3.63, 3.8) is 0 Å². The number of carbonyl (C=O) groups excluding carboxylic acids is 1. The first-order chi connectivity index (χ1) is 14.3. The van der Waals surface area contributed by atoms with Crippen LogP contribution in [-0.2, 0) is 10.0 Å². The first kappa shape index (κ1) is 21.4. The summed E-state index contributed by atoms with van der Waals surface area (Å²) in [6.45, 7) is 6.33. The molecule has 0 aliphatic heterocycles. The minimum atomic E-state index is -3.79. The molecule has 3 aromatic carbocycles. The van der Waals surface area contributed by atoms with E-state index in [0.717, 1.165) is 11.1 Å². The van der Waals surface area contributed by atoms with Crippen LogP contribution in [0.25, 0.3) is 0 Å². The number of ether oxygens (including phenoxy) is 1. The Bertz CT molecular complexity index is 1160. The average molecular weight is 425 g/mol. The Labute approximate surface area is 177 Å². The van der Waals surface area contributed by atoms with Crippen LogP contribution < -0.4 is 14.8 Å². The van der Waals surface area contributed by atoms with Crippen LogP contribution in [0.3, 0.4) is 0 Å². The van der Waals surface area contributed by atoms with Crippen molar-refractivity contribution in [3.05, 3.63) is 83.4 Å². The Kier molecular flexibility index (Phi) is 6.42. The van der Waals surface area contributed by atoms with Crippen molar-refractivity contribution in [2.75, 3.05) is 16.6 Å². The maximum atomic E-state index is 12.7. The minimum Gasteiger partial charge on any atom is -0.494 e. The standard InChI is InChI=1S/C23H24N2O4S/c1-4-29-21-10-12-22(13-11-21)30(27,28)25-20-7-5-6-18(15-20)23(26)24-19-9-8-16(2)17(3)14-19/h5-15,25H,4H2,1-3H3,(H,24,26). The lowest BCUT2D eigenvalue weighted by Crippen LogP contribution is -2.15. The van der Waals surface area contributed by atoms with E-state index in [-0.39, 0.29) is 10.8 Å². The number of aryl methyl sites for hydroxylation is 2. The number of nitrogens with one attached hydrogen (secondary N) is 2. The highest BCUT2D eigenvalue weighted by Gasteiger charge is 2.15. The number of benzene rings is 3. The summed E-state index contributed by atoms with van der Waals surface area (Å²) in [6, 6.07) is 18.2. The van der Waals surface area contributed by atoms with E-state index in [1.54, 1.807) is 30.3 Å². The molecule has 0 aliphatic rings. The fourth-order valence-corrected chi connectivity index (χ4v) is 3.89. The van der Waals surface area contributed by atoms with E-state index < -0.39 is 10.0 Å². The quantitative estimate of drug-likeness (QED) is 0.573. The zero-order valence-corrected chi connectivity index (χ0v) is 17.9. The molecule has 0 spiro atoms. The van der Waals surface area contributed by atoms with Gasteiger partial charge in [0.25, 0.3) is 15.9 Å². The number of amides is 1. The first-order valence-electron chi connectivity index (χ1n) is 9.53. The number of anilines is 2. The molecule has 0 saturated carbocycles. The lowest BCUT2D eigenvalue weighted by atomic mass is 10.1. The van der Waals surface area contributed by atoms with Crippen LogP contribution in [0.2, 0.25) is 0 Å². The molecule has 0 bridgehead atoms. The normalized spacial score (nSPS) is 11.0. The molecule has 1 amide bonds. The zero-order valence-electron chi connectivity index (χ0n) is 17.1. The third-order valence-electron chi connectivity index (χ3n) is 4.59. The minimum absolute atomic E-state index is 0.107. The molecule has 3 rings (SSSR count). The van der Waals surface area contributed by atoms with Crippen molar-refractivity contribution in [3.8, 4) is 5.75 Å². The van der Waals surface area contributed by atoms with Crippen LogP contribution in [0, 0.1) is 13.8 Å². The van der Waals surface area contributed by atoms with Crippen LogP contribution in [0.5, 0.6) is 5.75 Å². The number of sulfonamides is 1. The predicted octanol–water partition coefficient (Wildman–Crippen LogP) is 4.76. The zero-order chi connectivity index (χ0) is 21.7. The summed E-state index contributed by atoms with van der Waals surface area (Å²) < 4.78 is 33.2. The smallest absolute Gasteiger partial charge is 0.261 e. The van der Waals surface area contributed by atoms with Gasteiger partial charge >= 0.3 is 0 Å². The average Bonchev–Trinajstić information content (AvgIpc) is 2.71. The molecular weight excluding hydrogens is 400 g/mol. The lowest BCUT2D eigenvalue weighted by Gasteiger charge is -2.11. The van der Waals surface area contributed by atoms with Gasteiger partial charge in [-0.2, -0.15) is 0 Å². The Morgan fingerprint density at radius 3 is 2.30 bits per heavy atom. The summed E-state index contributed by atoms with van der Waals surface area (Å²) in [4.78, 5) is 12.7. The van der Waals surface area contributed by atoms with Gasteiger partial charge in [0, 0.05) is 16.9 Å². The fraction of sp³-hybridized carbons (Fsp3) is 0.174. The maximum absolute atomic E-state index is 12.7. The topological polar surface area (TPSA) is 84.5 Å². The molecule has 0 fully saturated rings. The summed E-state index contributed by atoms with van der Waals surface area (Å²) in [5.74, 6) is 0.279. The van der Waals surface area contributed by atoms with E-state index in [0.29, 0.717) is 29.3 Å². The van der Waals surface area contributed by atoms with Crippen molar-refractivity contribution < 1.29 is 17.9 Å². The fourth-order valence-electron chi connectivity index (χ4n) is 2.84. The molecule has 2 N–H and O–H groups in total. The van der Waals surface area contributed by atoms with E-state index in [1.807, 2.05) is 39.0 Å². The lowest BCUT2D eigenvalue weighted by molar-refractivity contribution is 0.102. The van der Waals surface area contributed by atoms with Crippen LogP contribution in [0.1, 0.15) is 28.4 Å². The van der Waals surface area contributed by atoms with Gasteiger partial charge < -0.3 is 10.1 Å². The molecule has 30 heavy (non-hydrogen) atoms. The highest BCUT2D eigenvalue weighted by Crippen LogP contribution is 2.21. The highest BCUT2D eigenvalue weighted by atomic mass is 32.2. The molecule has 0 unspecified atom stereocenters. The second-order valence-corrected chi connectivity index (χ2v) is 8.53. The van der Waals surface area contributed by atoms with Crippen molar-refractivity contribution in [2.45, 2.75) is 25.7 Å². The molecule has 156 valence electrons. The molecule has 6 nitrogen and oxygen atoms in total. The number of hydrogen-bond acceptors (Lipinski definition) is 4. The van der Waals surface area contributed by atoms with E-state index in [2.05, 4.69) is 10.0 Å². The van der Waals surface area contributed by atoms with Crippen molar-refractivity contribution in [1.29, 1.82) is 0 Å². The van der Waals surface area contributed by atoms with Crippen LogP contribution >= 0.6 is 0 Å². The SMILES string of the molecule is CCOc1ccc(S(=O)(=O)Nc2cccc(C(=O)Nc3ccc(C)c(C)c3)c2)cc1. The van der Waals surface area contributed by atoms with Gasteiger partial charge in [-0.1, -0.05) is 12.1 Å². The second-order valence-electron chi connectivity index (χ2n) is 6.84. The van der Waals surface area contributed by atoms with Crippen molar-refractivity contribution in [2.24, 2.45) is 0 Å². The summed E-state index contributed by atoms with van der Waals surface area (Å²) >= 11 is 0. The summed E-state index contributed by atoms with van der Waals surface area (Å²) in [7, 11) is -3.79. The Morgan fingerprint density at radius 1 is 0.900 bits per heavy atom. The molecule has 0 radical (unpaired) electrons. The molecule has 0 aliphatic carbocycles. The Hall–Kier alpha value is -3.32. The van der Waals surface area contributed by atoms with Gasteiger partial charge in [0.05, 0.1) is 11.5 Å². The third kappa shape index (κ3) is 5.18. The van der Waals surface area contributed by atoms with Gasteiger partial charge in [-0.05, 0) is 86.5 Å². The first-order valence-corrected chi connectivity index (χ1v) is 11.0. The molecule has 7 heteroatoms. The third-order valence-corrected chi connectivity index (χ3v) is 5.98. The summed E-state index contributed by atoms with van der Waals surface area (Å²) in [5, 5.41) is 2.84. The monoisotopic (exact) mass is 424 g/mol. The van der Waals surface area contributed by atoms with Gasteiger partial charge in [-0.15, -0.1) is 0 Å². The number of rotatable bonds is 7. The van der Waals surface area contributed by atoms with Crippen LogP contribution in [0.4, 0.5) is 11.4 Å². The highest BCUT2D eigenvalue weighted by molar-refractivity contribution is 7.92. The summed E-state index contributed by atoms with van der Waals surface area (Å²) in [6.07, 6.45) is 0. The van der Waals surface area contributed by atoms with Gasteiger partial charge in [0.15, 0.2) is 0 Å². The maximum Gasteiger partial charge on any atom is 0.261 e. The molecular formula is C23H24N2O4S. The van der Waals surface area contributed by atoms with Crippen LogP contribution in [0.15, 0.2) is 71.6 Å². The van der Waals surface area contributed by atoms with E-state index in [9.17, 15) is 13.2 Å². The van der Waals surface area contributed by atoms with Crippen LogP contribution in [-0.4, -0.2) is 20.9 Å². The van der Waals surface area contributed by atoms with Gasteiger partial charge in [-0.3, -0.25) is 9.52 Å². The molecule has 0 heterocycles. The van der Waals surface area contributed by atoms with Crippen molar-refractivity contribution in [1.82, 2.24) is 0 Å². The van der Waals surface area contributed by atoms with Gasteiger partial charge in [-0.25, -0.2) is 8.42 Å². The molecule has 3 aromatic rings. The van der Waals surface area contributed by atoms with Gasteiger partial charge in [0.2, 0.25) is 0 Å². The molecule has 0 saturated heterocycles. The molecule has 0 aromatic heterocycles. The van der Waals surface area contributed by atoms with E-state index >= 15 is 0 Å². The van der Waals surface area contributed by atoms with E-state index in [1.165, 1.54) is 18.2 Å². The Balaban J connectivity index is 1.75. The Morgan fingerprint density at radius 2 is 1.63 bits per heavy atom. The van der Waals surface area contributed by atoms with Gasteiger partial charge in [0.1, 0.15) is 5.75 Å². The second kappa shape index (κ2) is 9.00. The number of hydrogen-bond donors (Lipinski definition) is 2. The summed E-state index contributed by atoms with van der Waals surface area (Å²) in [5.41, 5.74) is 3.54.